The Balaban J connectivity index is 2.43. The summed E-state index contributed by atoms with van der Waals surface area (Å²) in [6.45, 7) is 3.87. The van der Waals surface area contributed by atoms with Gasteiger partial charge < -0.3 is 20.5 Å². The summed E-state index contributed by atoms with van der Waals surface area (Å²) in [6.07, 6.45) is 5.02. The normalized spacial score (nSPS) is 10.4. The third-order valence-electron chi connectivity index (χ3n) is 3.13. The van der Waals surface area contributed by atoms with Gasteiger partial charge in [-0.05, 0) is 30.7 Å². The summed E-state index contributed by atoms with van der Waals surface area (Å²) in [6, 6.07) is 5.67. The van der Waals surface area contributed by atoms with E-state index in [1.807, 2.05) is 12.1 Å². The van der Waals surface area contributed by atoms with E-state index in [-0.39, 0.29) is 6.61 Å². The van der Waals surface area contributed by atoms with Gasteiger partial charge in [-0.2, -0.15) is 0 Å². The zero-order chi connectivity index (χ0) is 15.5. The van der Waals surface area contributed by atoms with Gasteiger partial charge in [-0.15, -0.1) is 0 Å². The number of primary amides is 1. The summed E-state index contributed by atoms with van der Waals surface area (Å²) in [5, 5.41) is 3.41. The Hall–Kier alpha value is -1.75. The fourth-order valence-electron chi connectivity index (χ4n) is 2.00. The van der Waals surface area contributed by atoms with Crippen molar-refractivity contribution in [1.82, 2.24) is 5.32 Å². The van der Waals surface area contributed by atoms with Gasteiger partial charge in [-0.3, -0.25) is 4.79 Å². The molecular formula is C16H26N2O3. The molecule has 0 unspecified atom stereocenters. The molecule has 0 radical (unpaired) electrons. The maximum Gasteiger partial charge on any atom is 0.255 e. The summed E-state index contributed by atoms with van der Waals surface area (Å²) < 4.78 is 10.6. The number of rotatable bonds is 11. The van der Waals surface area contributed by atoms with Crippen molar-refractivity contribution in [3.05, 3.63) is 23.8 Å². The van der Waals surface area contributed by atoms with Crippen LogP contribution in [0.4, 0.5) is 0 Å². The van der Waals surface area contributed by atoms with Gasteiger partial charge in [0.15, 0.2) is 18.1 Å². The number of unbranched alkanes of at least 4 members (excludes halogenated alkanes) is 3. The van der Waals surface area contributed by atoms with Crippen LogP contribution >= 0.6 is 0 Å². The Kier molecular flexibility index (Phi) is 8.28. The summed E-state index contributed by atoms with van der Waals surface area (Å²) in [4.78, 5) is 10.7. The van der Waals surface area contributed by atoms with Gasteiger partial charge >= 0.3 is 0 Å². The topological polar surface area (TPSA) is 73.6 Å². The van der Waals surface area contributed by atoms with Crippen molar-refractivity contribution in [1.29, 1.82) is 0 Å². The number of nitrogens with one attached hydrogen (secondary N) is 1. The van der Waals surface area contributed by atoms with Gasteiger partial charge in [0.2, 0.25) is 0 Å². The number of amides is 1. The Bertz CT molecular complexity index is 436. The van der Waals surface area contributed by atoms with Crippen LogP contribution in [0, 0.1) is 0 Å². The lowest BCUT2D eigenvalue weighted by Gasteiger charge is -2.11. The van der Waals surface area contributed by atoms with Crippen LogP contribution in [0.5, 0.6) is 11.5 Å². The first-order valence-electron chi connectivity index (χ1n) is 7.46. The SMILES string of the molecule is CCCCCCNCc1ccc(OCC(N)=O)c(OC)c1. The van der Waals surface area contributed by atoms with Crippen LogP contribution < -0.4 is 20.5 Å². The summed E-state index contributed by atoms with van der Waals surface area (Å²) in [5.41, 5.74) is 6.18. The number of nitrogens with two attached hydrogens (primary N) is 1. The second kappa shape index (κ2) is 10.0. The predicted octanol–water partition coefficient (Wildman–Crippen LogP) is 2.23. The van der Waals surface area contributed by atoms with E-state index < -0.39 is 5.91 Å². The van der Waals surface area contributed by atoms with Gasteiger partial charge in [-0.1, -0.05) is 32.3 Å². The lowest BCUT2D eigenvalue weighted by Crippen LogP contribution is -2.20. The molecule has 5 nitrogen and oxygen atoms in total. The first-order chi connectivity index (χ1) is 10.2. The highest BCUT2D eigenvalue weighted by Gasteiger charge is 2.07. The van der Waals surface area contributed by atoms with E-state index in [0.717, 1.165) is 18.7 Å². The largest absolute Gasteiger partial charge is 0.493 e. The maximum absolute atomic E-state index is 10.7. The van der Waals surface area contributed by atoms with Crippen LogP contribution in [-0.2, 0) is 11.3 Å². The minimum absolute atomic E-state index is 0.147. The van der Waals surface area contributed by atoms with Crippen molar-refractivity contribution >= 4 is 5.91 Å². The van der Waals surface area contributed by atoms with Gasteiger partial charge in [0.25, 0.3) is 5.91 Å². The smallest absolute Gasteiger partial charge is 0.255 e. The van der Waals surface area contributed by atoms with Crippen molar-refractivity contribution in [3.63, 3.8) is 0 Å². The fourth-order valence-corrected chi connectivity index (χ4v) is 2.00. The average molecular weight is 294 g/mol. The highest BCUT2D eigenvalue weighted by atomic mass is 16.5. The number of methoxy groups -OCH3 is 1. The van der Waals surface area contributed by atoms with Crippen molar-refractivity contribution < 1.29 is 14.3 Å². The number of carbonyl (C=O) groups excluding carboxylic acids is 1. The third kappa shape index (κ3) is 6.99. The Labute approximate surface area is 126 Å². The fraction of sp³-hybridized carbons (Fsp3) is 0.562. The number of carbonyl (C=O) groups is 1. The van der Waals surface area contributed by atoms with Gasteiger partial charge in [0.1, 0.15) is 0 Å². The van der Waals surface area contributed by atoms with E-state index in [9.17, 15) is 4.79 Å². The Morgan fingerprint density at radius 2 is 2.05 bits per heavy atom. The van der Waals surface area contributed by atoms with Crippen LogP contribution in [0.2, 0.25) is 0 Å². The number of ether oxygens (including phenoxy) is 2. The molecule has 1 aromatic carbocycles. The molecular weight excluding hydrogens is 268 g/mol. The molecule has 0 atom stereocenters. The van der Waals surface area contributed by atoms with Crippen molar-refractivity contribution in [2.45, 2.75) is 39.2 Å². The minimum Gasteiger partial charge on any atom is -0.493 e. The molecule has 1 rings (SSSR count). The Morgan fingerprint density at radius 1 is 1.24 bits per heavy atom. The molecule has 3 N–H and O–H groups in total. The maximum atomic E-state index is 10.7. The predicted molar refractivity (Wildman–Crippen MR) is 83.5 cm³/mol. The van der Waals surface area contributed by atoms with E-state index >= 15 is 0 Å². The van der Waals surface area contributed by atoms with Crippen LogP contribution in [0.25, 0.3) is 0 Å². The molecule has 0 aliphatic heterocycles. The quantitative estimate of drug-likeness (QED) is 0.614. The number of benzene rings is 1. The molecule has 0 aromatic heterocycles. The zero-order valence-electron chi connectivity index (χ0n) is 13.0. The molecule has 0 fully saturated rings. The minimum atomic E-state index is -0.505. The van der Waals surface area contributed by atoms with Crippen LogP contribution in [0.15, 0.2) is 18.2 Å². The second-order valence-corrected chi connectivity index (χ2v) is 4.98. The molecule has 1 amide bonds. The van der Waals surface area contributed by atoms with Crippen LogP contribution in [0.1, 0.15) is 38.2 Å². The number of hydrogen-bond acceptors (Lipinski definition) is 4. The van der Waals surface area contributed by atoms with Crippen molar-refractivity contribution in [3.8, 4) is 11.5 Å². The van der Waals surface area contributed by atoms with Crippen LogP contribution in [-0.4, -0.2) is 26.2 Å². The van der Waals surface area contributed by atoms with Crippen molar-refractivity contribution in [2.75, 3.05) is 20.3 Å². The molecule has 0 spiro atoms. The monoisotopic (exact) mass is 294 g/mol. The average Bonchev–Trinajstić information content (AvgIpc) is 2.49. The molecule has 1 aromatic rings. The van der Waals surface area contributed by atoms with E-state index in [4.69, 9.17) is 15.2 Å². The van der Waals surface area contributed by atoms with Gasteiger partial charge in [-0.25, -0.2) is 0 Å². The first-order valence-corrected chi connectivity index (χ1v) is 7.46. The van der Waals surface area contributed by atoms with E-state index in [0.29, 0.717) is 11.5 Å². The lowest BCUT2D eigenvalue weighted by molar-refractivity contribution is -0.119. The molecule has 0 saturated heterocycles. The molecule has 5 heteroatoms. The van der Waals surface area contributed by atoms with E-state index in [2.05, 4.69) is 12.2 Å². The first kappa shape index (κ1) is 17.3. The van der Waals surface area contributed by atoms with Crippen LogP contribution in [0.3, 0.4) is 0 Å². The van der Waals surface area contributed by atoms with Gasteiger partial charge in [0, 0.05) is 6.54 Å². The highest BCUT2D eigenvalue weighted by molar-refractivity contribution is 5.75. The molecule has 0 bridgehead atoms. The van der Waals surface area contributed by atoms with Gasteiger partial charge in [0.05, 0.1) is 7.11 Å². The second-order valence-electron chi connectivity index (χ2n) is 4.98. The zero-order valence-corrected chi connectivity index (χ0v) is 13.0. The molecule has 21 heavy (non-hydrogen) atoms. The molecule has 118 valence electrons. The third-order valence-corrected chi connectivity index (χ3v) is 3.13. The lowest BCUT2D eigenvalue weighted by atomic mass is 10.2. The highest BCUT2D eigenvalue weighted by Crippen LogP contribution is 2.27. The van der Waals surface area contributed by atoms with E-state index in [1.165, 1.54) is 25.7 Å². The molecule has 0 aliphatic rings. The summed E-state index contributed by atoms with van der Waals surface area (Å²) in [5.74, 6) is 0.638. The summed E-state index contributed by atoms with van der Waals surface area (Å²) >= 11 is 0. The molecule has 0 aliphatic carbocycles. The van der Waals surface area contributed by atoms with Crippen molar-refractivity contribution in [2.24, 2.45) is 5.73 Å². The molecule has 0 heterocycles. The standard InChI is InChI=1S/C16H26N2O3/c1-3-4-5-6-9-18-11-13-7-8-14(15(10-13)20-2)21-12-16(17)19/h7-8,10,18H,3-6,9,11-12H2,1-2H3,(H2,17,19). The number of hydrogen-bond donors (Lipinski definition) is 2. The van der Waals surface area contributed by atoms with E-state index in [1.54, 1.807) is 13.2 Å². The Morgan fingerprint density at radius 3 is 2.71 bits per heavy atom. The summed E-state index contributed by atoms with van der Waals surface area (Å²) in [7, 11) is 1.58. The molecule has 0 saturated carbocycles.